The van der Waals surface area contributed by atoms with Gasteiger partial charge >= 0.3 is 0 Å². The van der Waals surface area contributed by atoms with Gasteiger partial charge in [0.1, 0.15) is 0 Å². The molecule has 2 aromatic rings. The third-order valence-electron chi connectivity index (χ3n) is 3.88. The van der Waals surface area contributed by atoms with Crippen molar-refractivity contribution in [1.82, 2.24) is 10.3 Å². The van der Waals surface area contributed by atoms with Crippen LogP contribution in [0.1, 0.15) is 36.6 Å². The third kappa shape index (κ3) is 2.72. The fraction of sp³-hybridized carbons (Fsp3) is 0.294. The van der Waals surface area contributed by atoms with E-state index in [0.717, 1.165) is 30.5 Å². The summed E-state index contributed by atoms with van der Waals surface area (Å²) in [5, 5.41) is 3.15. The predicted octanol–water partition coefficient (Wildman–Crippen LogP) is 3.09. The fourth-order valence-electron chi connectivity index (χ4n) is 2.45. The molecule has 1 aliphatic rings. The first kappa shape index (κ1) is 12.9. The van der Waals surface area contributed by atoms with E-state index in [-0.39, 0.29) is 17.9 Å². The molecule has 102 valence electrons. The van der Waals surface area contributed by atoms with E-state index in [4.69, 9.17) is 0 Å². The number of carbonyl (C=O) groups is 1. The van der Waals surface area contributed by atoms with E-state index >= 15 is 0 Å². The van der Waals surface area contributed by atoms with Gasteiger partial charge in [-0.15, -0.1) is 0 Å². The average Bonchev–Trinajstić information content (AvgIpc) is 2.45. The Kier molecular flexibility index (Phi) is 3.77. The number of amides is 1. The first-order chi connectivity index (χ1) is 9.84. The maximum atomic E-state index is 12.2. The molecule has 0 aliphatic heterocycles. The molecule has 1 saturated carbocycles. The molecule has 1 aliphatic carbocycles. The molecule has 1 unspecified atom stereocenters. The summed E-state index contributed by atoms with van der Waals surface area (Å²) in [5.74, 6) is 0.334. The van der Waals surface area contributed by atoms with Gasteiger partial charge < -0.3 is 5.32 Å². The molecular weight excluding hydrogens is 248 g/mol. The molecule has 1 heterocycles. The Balaban J connectivity index is 1.85. The molecule has 1 aromatic carbocycles. The average molecular weight is 266 g/mol. The van der Waals surface area contributed by atoms with Crippen molar-refractivity contribution in [3.63, 3.8) is 0 Å². The third-order valence-corrected chi connectivity index (χ3v) is 3.88. The lowest BCUT2D eigenvalue weighted by Gasteiger charge is -2.27. The Hall–Kier alpha value is -2.16. The van der Waals surface area contributed by atoms with E-state index in [2.05, 4.69) is 10.3 Å². The number of nitrogens with one attached hydrogen (secondary N) is 1. The van der Waals surface area contributed by atoms with E-state index in [9.17, 15) is 4.79 Å². The number of aromatic nitrogens is 1. The fourth-order valence-corrected chi connectivity index (χ4v) is 2.45. The van der Waals surface area contributed by atoms with Crippen molar-refractivity contribution in [3.05, 3.63) is 66.0 Å². The monoisotopic (exact) mass is 266 g/mol. The van der Waals surface area contributed by atoms with Crippen LogP contribution in [0.2, 0.25) is 0 Å². The largest absolute Gasteiger partial charge is 0.343 e. The molecule has 0 radical (unpaired) electrons. The van der Waals surface area contributed by atoms with Gasteiger partial charge in [0.2, 0.25) is 5.91 Å². The van der Waals surface area contributed by atoms with Crippen molar-refractivity contribution in [1.29, 1.82) is 0 Å². The van der Waals surface area contributed by atoms with Crippen molar-refractivity contribution in [3.8, 4) is 0 Å². The number of hydrogen-bond acceptors (Lipinski definition) is 2. The SMILES string of the molecule is O=C(NC(c1ccccc1)c1ccccn1)C1CCC1. The molecule has 3 rings (SSSR count). The van der Waals surface area contributed by atoms with Gasteiger partial charge in [-0.05, 0) is 30.5 Å². The number of rotatable bonds is 4. The van der Waals surface area contributed by atoms with E-state index in [0.29, 0.717) is 0 Å². The summed E-state index contributed by atoms with van der Waals surface area (Å²) in [6, 6.07) is 15.6. The highest BCUT2D eigenvalue weighted by molar-refractivity contribution is 5.80. The molecule has 0 bridgehead atoms. The van der Waals surface area contributed by atoms with Gasteiger partial charge in [0.25, 0.3) is 0 Å². The van der Waals surface area contributed by atoms with Gasteiger partial charge in [0.15, 0.2) is 0 Å². The summed E-state index contributed by atoms with van der Waals surface area (Å²) in [6.07, 6.45) is 4.95. The Morgan fingerprint density at radius 3 is 2.45 bits per heavy atom. The van der Waals surface area contributed by atoms with Crippen molar-refractivity contribution in [2.75, 3.05) is 0 Å². The number of carbonyl (C=O) groups excluding carboxylic acids is 1. The van der Waals surface area contributed by atoms with Crippen LogP contribution in [0.4, 0.5) is 0 Å². The van der Waals surface area contributed by atoms with Gasteiger partial charge in [0, 0.05) is 12.1 Å². The van der Waals surface area contributed by atoms with Gasteiger partial charge in [0.05, 0.1) is 11.7 Å². The summed E-state index contributed by atoms with van der Waals surface area (Å²) in [5.41, 5.74) is 1.95. The zero-order valence-corrected chi connectivity index (χ0v) is 11.3. The quantitative estimate of drug-likeness (QED) is 0.924. The van der Waals surface area contributed by atoms with E-state index in [1.54, 1.807) is 6.20 Å². The zero-order valence-electron chi connectivity index (χ0n) is 11.3. The normalized spacial score (nSPS) is 16.2. The smallest absolute Gasteiger partial charge is 0.223 e. The topological polar surface area (TPSA) is 42.0 Å². The lowest BCUT2D eigenvalue weighted by Crippen LogP contribution is -2.37. The molecule has 1 amide bonds. The van der Waals surface area contributed by atoms with Crippen LogP contribution in [0.15, 0.2) is 54.7 Å². The van der Waals surface area contributed by atoms with E-state index in [1.165, 1.54) is 0 Å². The molecular formula is C17H18N2O. The molecule has 3 heteroatoms. The van der Waals surface area contributed by atoms with Crippen LogP contribution in [0.25, 0.3) is 0 Å². The first-order valence-electron chi connectivity index (χ1n) is 7.11. The summed E-state index contributed by atoms with van der Waals surface area (Å²) in [4.78, 5) is 16.6. The minimum absolute atomic E-state index is 0.149. The van der Waals surface area contributed by atoms with Gasteiger partial charge in [-0.3, -0.25) is 9.78 Å². The first-order valence-corrected chi connectivity index (χ1v) is 7.11. The molecule has 1 N–H and O–H groups in total. The molecule has 0 spiro atoms. The van der Waals surface area contributed by atoms with Crippen LogP contribution in [0.3, 0.4) is 0 Å². The number of nitrogens with zero attached hydrogens (tertiary/aromatic N) is 1. The summed E-state index contributed by atoms with van der Waals surface area (Å²) in [7, 11) is 0. The predicted molar refractivity (Wildman–Crippen MR) is 78.0 cm³/mol. The molecule has 1 aromatic heterocycles. The van der Waals surface area contributed by atoms with Crippen LogP contribution in [-0.4, -0.2) is 10.9 Å². The minimum Gasteiger partial charge on any atom is -0.343 e. The molecule has 0 saturated heterocycles. The van der Waals surface area contributed by atoms with Crippen LogP contribution in [-0.2, 0) is 4.79 Å². The van der Waals surface area contributed by atoms with Crippen LogP contribution < -0.4 is 5.32 Å². The van der Waals surface area contributed by atoms with Crippen LogP contribution in [0.5, 0.6) is 0 Å². The Bertz CT molecular complexity index is 525. The van der Waals surface area contributed by atoms with Gasteiger partial charge in [-0.1, -0.05) is 42.8 Å². The lowest BCUT2D eigenvalue weighted by atomic mass is 9.84. The molecule has 1 fully saturated rings. The van der Waals surface area contributed by atoms with Gasteiger partial charge in [-0.25, -0.2) is 0 Å². The number of hydrogen-bond donors (Lipinski definition) is 1. The van der Waals surface area contributed by atoms with E-state index in [1.807, 2.05) is 48.5 Å². The van der Waals surface area contributed by atoms with Crippen molar-refractivity contribution >= 4 is 5.91 Å². The zero-order chi connectivity index (χ0) is 13.8. The summed E-state index contributed by atoms with van der Waals surface area (Å²) < 4.78 is 0. The summed E-state index contributed by atoms with van der Waals surface area (Å²) in [6.45, 7) is 0. The minimum atomic E-state index is -0.162. The number of pyridine rings is 1. The highest BCUT2D eigenvalue weighted by Crippen LogP contribution is 2.28. The molecule has 1 atom stereocenters. The maximum Gasteiger partial charge on any atom is 0.223 e. The Morgan fingerprint density at radius 1 is 1.10 bits per heavy atom. The Morgan fingerprint density at radius 2 is 1.85 bits per heavy atom. The second-order valence-corrected chi connectivity index (χ2v) is 5.23. The van der Waals surface area contributed by atoms with E-state index < -0.39 is 0 Å². The maximum absolute atomic E-state index is 12.2. The second kappa shape index (κ2) is 5.87. The Labute approximate surface area is 119 Å². The lowest BCUT2D eigenvalue weighted by molar-refractivity contribution is -0.127. The number of benzene rings is 1. The molecule has 3 nitrogen and oxygen atoms in total. The highest BCUT2D eigenvalue weighted by atomic mass is 16.2. The van der Waals surface area contributed by atoms with Crippen LogP contribution >= 0.6 is 0 Å². The second-order valence-electron chi connectivity index (χ2n) is 5.23. The molecule has 20 heavy (non-hydrogen) atoms. The standard InChI is InChI=1S/C17H18N2O/c20-17(14-9-6-10-14)19-16(13-7-2-1-3-8-13)15-11-4-5-12-18-15/h1-5,7-8,11-12,14,16H,6,9-10H2,(H,19,20). The van der Waals surface area contributed by atoms with Gasteiger partial charge in [-0.2, -0.15) is 0 Å². The summed E-state index contributed by atoms with van der Waals surface area (Å²) >= 11 is 0. The van der Waals surface area contributed by atoms with Crippen molar-refractivity contribution < 1.29 is 4.79 Å². The van der Waals surface area contributed by atoms with Crippen LogP contribution in [0, 0.1) is 5.92 Å². The van der Waals surface area contributed by atoms with Crippen molar-refractivity contribution in [2.24, 2.45) is 5.92 Å². The van der Waals surface area contributed by atoms with Crippen molar-refractivity contribution in [2.45, 2.75) is 25.3 Å². The highest BCUT2D eigenvalue weighted by Gasteiger charge is 2.28.